The van der Waals surface area contributed by atoms with Gasteiger partial charge in [-0.1, -0.05) is 38.1 Å². The van der Waals surface area contributed by atoms with Crippen LogP contribution in [0.25, 0.3) is 11.0 Å². The number of anilines is 1. The van der Waals surface area contributed by atoms with Crippen LogP contribution in [0.5, 0.6) is 0 Å². The molecule has 1 aliphatic rings. The van der Waals surface area contributed by atoms with Crippen LogP contribution in [-0.2, 0) is 16.6 Å². The van der Waals surface area contributed by atoms with Crippen LogP contribution in [0.1, 0.15) is 48.9 Å². The summed E-state index contributed by atoms with van der Waals surface area (Å²) in [6.07, 6.45) is 0.298. The minimum atomic E-state index is -0.783. The van der Waals surface area contributed by atoms with Crippen LogP contribution < -0.4 is 16.0 Å². The van der Waals surface area contributed by atoms with Crippen LogP contribution in [0.15, 0.2) is 48.5 Å². The van der Waals surface area contributed by atoms with Crippen molar-refractivity contribution in [3.8, 4) is 0 Å². The SMILES string of the molecule is CC(C)[C@H](NC(=O)CCC1NC(=O)c2ccccc2NC1=O)c1nc2ccccc2n1C. The average Bonchev–Trinajstić information content (AvgIpc) is 3.04. The molecule has 2 heterocycles. The molecule has 1 unspecified atom stereocenters. The van der Waals surface area contributed by atoms with E-state index in [1.807, 2.05) is 49.7 Å². The summed E-state index contributed by atoms with van der Waals surface area (Å²) < 4.78 is 2.00. The van der Waals surface area contributed by atoms with Gasteiger partial charge in [0.2, 0.25) is 11.8 Å². The number of amides is 3. The number of carbonyl (C=O) groups is 3. The van der Waals surface area contributed by atoms with Crippen molar-refractivity contribution in [1.29, 1.82) is 0 Å². The molecule has 0 aliphatic carbocycles. The number of aryl methyl sites for hydroxylation is 1. The van der Waals surface area contributed by atoms with E-state index in [9.17, 15) is 14.4 Å². The van der Waals surface area contributed by atoms with E-state index in [1.54, 1.807) is 24.3 Å². The summed E-state index contributed by atoms with van der Waals surface area (Å²) in [7, 11) is 1.94. The van der Waals surface area contributed by atoms with Gasteiger partial charge in [-0.05, 0) is 36.6 Å². The number of hydrogen-bond donors (Lipinski definition) is 3. The maximum atomic E-state index is 12.8. The lowest BCUT2D eigenvalue weighted by molar-refractivity contribution is -0.122. The van der Waals surface area contributed by atoms with E-state index >= 15 is 0 Å². The number of carbonyl (C=O) groups excluding carboxylic acids is 3. The van der Waals surface area contributed by atoms with Gasteiger partial charge in [0.05, 0.1) is 28.3 Å². The minimum absolute atomic E-state index is 0.0991. The normalized spacial score (nSPS) is 16.8. The third-order valence-corrected chi connectivity index (χ3v) is 5.79. The van der Waals surface area contributed by atoms with E-state index < -0.39 is 6.04 Å². The average molecular weight is 434 g/mol. The number of rotatable bonds is 6. The summed E-state index contributed by atoms with van der Waals surface area (Å²) in [5.74, 6) is 0.0471. The lowest BCUT2D eigenvalue weighted by atomic mass is 10.0. The number of aromatic nitrogens is 2. The molecule has 1 aromatic heterocycles. The second-order valence-electron chi connectivity index (χ2n) is 8.41. The Morgan fingerprint density at radius 1 is 1.12 bits per heavy atom. The van der Waals surface area contributed by atoms with Crippen molar-refractivity contribution in [2.24, 2.45) is 13.0 Å². The van der Waals surface area contributed by atoms with Gasteiger partial charge in [-0.25, -0.2) is 4.98 Å². The van der Waals surface area contributed by atoms with Crippen molar-refractivity contribution in [3.05, 3.63) is 59.9 Å². The maximum absolute atomic E-state index is 12.8. The quantitative estimate of drug-likeness (QED) is 0.556. The molecule has 8 nitrogen and oxygen atoms in total. The molecule has 0 saturated carbocycles. The Labute approximate surface area is 186 Å². The zero-order valence-corrected chi connectivity index (χ0v) is 18.4. The van der Waals surface area contributed by atoms with Gasteiger partial charge in [-0.2, -0.15) is 0 Å². The number of nitrogens with zero attached hydrogens (tertiary/aromatic N) is 2. The lowest BCUT2D eigenvalue weighted by Crippen LogP contribution is -2.42. The number of fused-ring (bicyclic) bond motifs is 2. The summed E-state index contributed by atoms with van der Waals surface area (Å²) in [4.78, 5) is 42.5. The fraction of sp³-hybridized carbons (Fsp3) is 0.333. The highest BCUT2D eigenvalue weighted by atomic mass is 16.2. The molecule has 2 atom stereocenters. The largest absolute Gasteiger partial charge is 0.346 e. The summed E-state index contributed by atoms with van der Waals surface area (Å²) in [6.45, 7) is 4.06. The topological polar surface area (TPSA) is 105 Å². The van der Waals surface area contributed by atoms with Crippen LogP contribution >= 0.6 is 0 Å². The van der Waals surface area contributed by atoms with Gasteiger partial charge in [0, 0.05) is 13.5 Å². The first kappa shape index (κ1) is 21.5. The molecule has 166 valence electrons. The molecule has 3 N–H and O–H groups in total. The number of imidazole rings is 1. The molecule has 2 aromatic carbocycles. The highest BCUT2D eigenvalue weighted by molar-refractivity contribution is 6.09. The van der Waals surface area contributed by atoms with E-state index in [4.69, 9.17) is 4.98 Å². The van der Waals surface area contributed by atoms with Crippen molar-refractivity contribution in [2.45, 2.75) is 38.8 Å². The lowest BCUT2D eigenvalue weighted by Gasteiger charge is -2.23. The standard InChI is InChI=1S/C24H27N5O3/c1-14(2)21(22-25-17-10-6-7-11-19(17)29(22)3)28-20(30)13-12-18-24(32)26-16-9-5-4-8-15(16)23(31)27-18/h4-11,14,18,21H,12-13H2,1-3H3,(H,26,32)(H,27,31)(H,28,30)/t18?,21-/m0/s1. The second-order valence-corrected chi connectivity index (χ2v) is 8.41. The van der Waals surface area contributed by atoms with E-state index in [0.29, 0.717) is 11.3 Å². The van der Waals surface area contributed by atoms with Crippen LogP contribution in [0, 0.1) is 5.92 Å². The van der Waals surface area contributed by atoms with Gasteiger partial charge in [0.1, 0.15) is 11.9 Å². The van der Waals surface area contributed by atoms with Gasteiger partial charge >= 0.3 is 0 Å². The summed E-state index contributed by atoms with van der Waals surface area (Å²) in [5, 5.41) is 8.56. The maximum Gasteiger partial charge on any atom is 0.254 e. The van der Waals surface area contributed by atoms with Crippen molar-refractivity contribution in [2.75, 3.05) is 5.32 Å². The molecule has 8 heteroatoms. The van der Waals surface area contributed by atoms with Crippen LogP contribution in [0.4, 0.5) is 5.69 Å². The molecule has 0 radical (unpaired) electrons. The molecule has 4 rings (SSSR count). The fourth-order valence-corrected chi connectivity index (χ4v) is 4.01. The third-order valence-electron chi connectivity index (χ3n) is 5.79. The number of para-hydroxylation sites is 3. The Kier molecular flexibility index (Phi) is 5.94. The van der Waals surface area contributed by atoms with Crippen molar-refractivity contribution >= 4 is 34.4 Å². The Bertz CT molecular complexity index is 1180. The van der Waals surface area contributed by atoms with Gasteiger partial charge < -0.3 is 20.5 Å². The Morgan fingerprint density at radius 2 is 1.84 bits per heavy atom. The predicted molar refractivity (Wildman–Crippen MR) is 122 cm³/mol. The predicted octanol–water partition coefficient (Wildman–Crippen LogP) is 2.92. The molecule has 0 saturated heterocycles. The first-order valence-corrected chi connectivity index (χ1v) is 10.8. The zero-order valence-electron chi connectivity index (χ0n) is 18.4. The van der Waals surface area contributed by atoms with Crippen molar-refractivity contribution < 1.29 is 14.4 Å². The minimum Gasteiger partial charge on any atom is -0.346 e. The van der Waals surface area contributed by atoms with Crippen LogP contribution in [0.2, 0.25) is 0 Å². The summed E-state index contributed by atoms with van der Waals surface area (Å²) >= 11 is 0. The Morgan fingerprint density at radius 3 is 2.59 bits per heavy atom. The fourth-order valence-electron chi connectivity index (χ4n) is 4.01. The Balaban J connectivity index is 1.44. The second kappa shape index (κ2) is 8.82. The molecule has 3 aromatic rings. The first-order chi connectivity index (χ1) is 15.3. The first-order valence-electron chi connectivity index (χ1n) is 10.8. The summed E-state index contributed by atoms with van der Waals surface area (Å²) in [5.41, 5.74) is 2.76. The zero-order chi connectivity index (χ0) is 22.8. The molecule has 0 bridgehead atoms. The number of benzene rings is 2. The molecular formula is C24H27N5O3. The van der Waals surface area contributed by atoms with Gasteiger partial charge in [0.15, 0.2) is 0 Å². The highest BCUT2D eigenvalue weighted by Gasteiger charge is 2.29. The van der Waals surface area contributed by atoms with Crippen molar-refractivity contribution in [3.63, 3.8) is 0 Å². The summed E-state index contributed by atoms with van der Waals surface area (Å²) in [6, 6.07) is 13.6. The monoisotopic (exact) mass is 433 g/mol. The highest BCUT2D eigenvalue weighted by Crippen LogP contribution is 2.25. The Hall–Kier alpha value is -3.68. The number of nitrogens with one attached hydrogen (secondary N) is 3. The smallest absolute Gasteiger partial charge is 0.254 e. The molecule has 3 amide bonds. The molecule has 0 spiro atoms. The van der Waals surface area contributed by atoms with Crippen LogP contribution in [-0.4, -0.2) is 33.3 Å². The van der Waals surface area contributed by atoms with Crippen LogP contribution in [0.3, 0.4) is 0 Å². The van der Waals surface area contributed by atoms with Gasteiger partial charge in [-0.15, -0.1) is 0 Å². The molecule has 0 fully saturated rings. The third kappa shape index (κ3) is 4.21. The van der Waals surface area contributed by atoms with E-state index in [1.165, 1.54) is 0 Å². The van der Waals surface area contributed by atoms with E-state index in [-0.39, 0.29) is 42.5 Å². The van der Waals surface area contributed by atoms with Gasteiger partial charge in [-0.3, -0.25) is 14.4 Å². The van der Waals surface area contributed by atoms with E-state index in [0.717, 1.165) is 16.9 Å². The molecule has 1 aliphatic heterocycles. The number of hydrogen-bond acceptors (Lipinski definition) is 4. The van der Waals surface area contributed by atoms with E-state index in [2.05, 4.69) is 16.0 Å². The van der Waals surface area contributed by atoms with Crippen molar-refractivity contribution in [1.82, 2.24) is 20.2 Å². The van der Waals surface area contributed by atoms with Gasteiger partial charge in [0.25, 0.3) is 5.91 Å². The molecular weight excluding hydrogens is 406 g/mol. The molecule has 32 heavy (non-hydrogen) atoms.